The lowest BCUT2D eigenvalue weighted by Gasteiger charge is -2.26. The summed E-state index contributed by atoms with van der Waals surface area (Å²) in [5.41, 5.74) is 0.151. The highest BCUT2D eigenvalue weighted by molar-refractivity contribution is 6.00. The Morgan fingerprint density at radius 3 is 2.53 bits per heavy atom. The maximum atomic E-state index is 13.1. The molecule has 9 heteroatoms. The highest BCUT2D eigenvalue weighted by atomic mass is 16.7. The third-order valence-electron chi connectivity index (χ3n) is 5.19. The van der Waals surface area contributed by atoms with Crippen LogP contribution in [0.3, 0.4) is 0 Å². The number of nitrogens with zero attached hydrogens (tertiary/aromatic N) is 2. The summed E-state index contributed by atoms with van der Waals surface area (Å²) >= 11 is 0. The molecule has 1 aliphatic rings. The third kappa shape index (κ3) is 3.97. The molecule has 0 saturated heterocycles. The van der Waals surface area contributed by atoms with Crippen molar-refractivity contribution >= 4 is 22.7 Å². The van der Waals surface area contributed by atoms with Crippen LogP contribution in [-0.4, -0.2) is 59.4 Å². The van der Waals surface area contributed by atoms with E-state index in [1.807, 2.05) is 6.92 Å². The number of aliphatic hydroxyl groups excluding tert-OH is 1. The van der Waals surface area contributed by atoms with E-state index in [4.69, 9.17) is 14.6 Å². The zero-order valence-electron chi connectivity index (χ0n) is 17.6. The Labute approximate surface area is 174 Å². The van der Waals surface area contributed by atoms with Gasteiger partial charge in [0.05, 0.1) is 17.5 Å². The van der Waals surface area contributed by atoms with Gasteiger partial charge in [-0.2, -0.15) is 0 Å². The number of ether oxygens (including phenoxy) is 2. The number of rotatable bonds is 7. The predicted molar refractivity (Wildman–Crippen MR) is 111 cm³/mol. The van der Waals surface area contributed by atoms with Crippen molar-refractivity contribution in [2.75, 3.05) is 27.0 Å². The molecule has 3 rings (SSSR count). The van der Waals surface area contributed by atoms with Gasteiger partial charge in [0, 0.05) is 32.4 Å². The molecule has 2 aromatic rings. The molecule has 2 amide bonds. The fraction of sp³-hybridized carbons (Fsp3) is 0.476. The second-order valence-electron chi connectivity index (χ2n) is 7.56. The van der Waals surface area contributed by atoms with Crippen LogP contribution in [0, 0.1) is 5.92 Å². The number of hydrogen-bond donors (Lipinski definition) is 2. The van der Waals surface area contributed by atoms with Crippen molar-refractivity contribution in [1.82, 2.24) is 14.8 Å². The van der Waals surface area contributed by atoms with Crippen molar-refractivity contribution < 1.29 is 24.2 Å². The van der Waals surface area contributed by atoms with Crippen LogP contribution in [0.1, 0.15) is 31.1 Å². The number of pyridine rings is 1. The van der Waals surface area contributed by atoms with E-state index in [1.165, 1.54) is 11.1 Å². The molecule has 1 aromatic carbocycles. The van der Waals surface area contributed by atoms with E-state index < -0.39 is 17.4 Å². The fourth-order valence-corrected chi connectivity index (χ4v) is 3.43. The van der Waals surface area contributed by atoms with Gasteiger partial charge in [-0.25, -0.2) is 0 Å². The van der Waals surface area contributed by atoms with E-state index in [2.05, 4.69) is 5.32 Å². The van der Waals surface area contributed by atoms with Gasteiger partial charge in [0.2, 0.25) is 18.1 Å². The molecule has 0 bridgehead atoms. The monoisotopic (exact) mass is 417 g/mol. The van der Waals surface area contributed by atoms with Crippen LogP contribution in [0.5, 0.6) is 11.5 Å². The average molecular weight is 417 g/mol. The normalized spacial score (nSPS) is 13.5. The van der Waals surface area contributed by atoms with E-state index in [9.17, 15) is 14.4 Å². The Morgan fingerprint density at radius 1 is 1.27 bits per heavy atom. The number of fused-ring (bicyclic) bond motifs is 2. The largest absolute Gasteiger partial charge is 0.454 e. The molecule has 1 atom stereocenters. The Balaban J connectivity index is 2.00. The standard InChI is InChI=1S/C21H27N3O6/c1-5-24-10-14(19(26)13-8-16-17(9-15(13)24)30-11-29-16)20(27)22-18(12(2)3)21(28)23(4)6-7-25/h8-10,12,18,25H,5-7,11H2,1-4H3,(H,22,27)/t18-/m0/s1. The van der Waals surface area contributed by atoms with Crippen LogP contribution in [0.25, 0.3) is 10.9 Å². The van der Waals surface area contributed by atoms with Crippen molar-refractivity contribution in [2.24, 2.45) is 5.92 Å². The number of hydrogen-bond acceptors (Lipinski definition) is 6. The van der Waals surface area contributed by atoms with Crippen molar-refractivity contribution in [1.29, 1.82) is 0 Å². The first-order valence-electron chi connectivity index (χ1n) is 9.92. The highest BCUT2D eigenvalue weighted by Gasteiger charge is 2.29. The van der Waals surface area contributed by atoms with Crippen molar-refractivity contribution in [3.8, 4) is 11.5 Å². The summed E-state index contributed by atoms with van der Waals surface area (Å²) in [4.78, 5) is 40.1. The number of likely N-dealkylation sites (N-methyl/N-ethyl adjacent to an activating group) is 1. The summed E-state index contributed by atoms with van der Waals surface area (Å²) in [5, 5.41) is 12.1. The Bertz CT molecular complexity index is 1030. The van der Waals surface area contributed by atoms with E-state index in [0.717, 1.165) is 0 Å². The topological polar surface area (TPSA) is 110 Å². The van der Waals surface area contributed by atoms with Gasteiger partial charge in [0.15, 0.2) is 11.5 Å². The lowest BCUT2D eigenvalue weighted by atomic mass is 10.0. The molecule has 0 aliphatic carbocycles. The van der Waals surface area contributed by atoms with Crippen LogP contribution in [-0.2, 0) is 11.3 Å². The summed E-state index contributed by atoms with van der Waals surface area (Å²) in [6.45, 7) is 6.11. The minimum absolute atomic E-state index is 0.0496. The molecule has 0 spiro atoms. The van der Waals surface area contributed by atoms with Crippen LogP contribution in [0.2, 0.25) is 0 Å². The quantitative estimate of drug-likeness (QED) is 0.694. The first-order valence-corrected chi connectivity index (χ1v) is 9.92. The maximum absolute atomic E-state index is 13.1. The Hall–Kier alpha value is -3.07. The Morgan fingerprint density at radius 2 is 1.93 bits per heavy atom. The van der Waals surface area contributed by atoms with Gasteiger partial charge in [-0.3, -0.25) is 14.4 Å². The van der Waals surface area contributed by atoms with Gasteiger partial charge in [0.1, 0.15) is 11.6 Å². The minimum Gasteiger partial charge on any atom is -0.454 e. The average Bonchev–Trinajstić information content (AvgIpc) is 3.18. The first-order chi connectivity index (χ1) is 14.3. The number of carbonyl (C=O) groups is 2. The van der Waals surface area contributed by atoms with Crippen LogP contribution >= 0.6 is 0 Å². The van der Waals surface area contributed by atoms with Gasteiger partial charge in [0.25, 0.3) is 5.91 Å². The van der Waals surface area contributed by atoms with Gasteiger partial charge in [-0.15, -0.1) is 0 Å². The van der Waals surface area contributed by atoms with Crippen molar-refractivity contribution in [3.63, 3.8) is 0 Å². The molecule has 0 saturated carbocycles. The Kier molecular flexibility index (Phi) is 6.31. The maximum Gasteiger partial charge on any atom is 0.257 e. The van der Waals surface area contributed by atoms with Crippen LogP contribution in [0.15, 0.2) is 23.1 Å². The molecule has 0 radical (unpaired) electrons. The molecule has 162 valence electrons. The number of carbonyl (C=O) groups excluding carboxylic acids is 2. The lowest BCUT2D eigenvalue weighted by Crippen LogP contribution is -2.51. The molecular formula is C21H27N3O6. The van der Waals surface area contributed by atoms with Crippen LogP contribution in [0.4, 0.5) is 0 Å². The second kappa shape index (κ2) is 8.74. The summed E-state index contributed by atoms with van der Waals surface area (Å²) in [7, 11) is 1.56. The molecule has 0 unspecified atom stereocenters. The summed E-state index contributed by atoms with van der Waals surface area (Å²) in [6.07, 6.45) is 1.50. The summed E-state index contributed by atoms with van der Waals surface area (Å²) in [6, 6.07) is 2.49. The first kappa shape index (κ1) is 21.6. The summed E-state index contributed by atoms with van der Waals surface area (Å²) < 4.78 is 12.6. The van der Waals surface area contributed by atoms with Gasteiger partial charge in [-0.1, -0.05) is 13.8 Å². The third-order valence-corrected chi connectivity index (χ3v) is 5.19. The molecule has 0 fully saturated rings. The highest BCUT2D eigenvalue weighted by Crippen LogP contribution is 2.35. The molecule has 1 aromatic heterocycles. The van der Waals surface area contributed by atoms with E-state index in [-0.39, 0.29) is 37.3 Å². The van der Waals surface area contributed by atoms with Gasteiger partial charge >= 0.3 is 0 Å². The molecule has 1 aliphatic heterocycles. The number of aromatic nitrogens is 1. The van der Waals surface area contributed by atoms with Crippen molar-refractivity contribution in [2.45, 2.75) is 33.4 Å². The fourth-order valence-electron chi connectivity index (χ4n) is 3.43. The minimum atomic E-state index is -0.823. The molecule has 9 nitrogen and oxygen atoms in total. The predicted octanol–water partition coefficient (Wildman–Crippen LogP) is 0.955. The zero-order chi connectivity index (χ0) is 22.0. The smallest absolute Gasteiger partial charge is 0.257 e. The molecule has 30 heavy (non-hydrogen) atoms. The molecule has 2 heterocycles. The SMILES string of the molecule is CCn1cc(C(=O)N[C@H](C(=O)N(C)CCO)C(C)C)c(=O)c2cc3c(cc21)OCO3. The lowest BCUT2D eigenvalue weighted by molar-refractivity contribution is -0.133. The number of benzene rings is 1. The second-order valence-corrected chi connectivity index (χ2v) is 7.56. The van der Waals surface area contributed by atoms with E-state index in [1.54, 1.807) is 37.6 Å². The van der Waals surface area contributed by atoms with Crippen molar-refractivity contribution in [3.05, 3.63) is 34.1 Å². The number of aliphatic hydroxyl groups is 1. The number of nitrogens with one attached hydrogen (secondary N) is 1. The van der Waals surface area contributed by atoms with Gasteiger partial charge in [-0.05, 0) is 18.9 Å². The number of amides is 2. The zero-order valence-corrected chi connectivity index (χ0v) is 17.6. The summed E-state index contributed by atoms with van der Waals surface area (Å²) in [5.74, 6) is -0.136. The van der Waals surface area contributed by atoms with Gasteiger partial charge < -0.3 is 29.4 Å². The van der Waals surface area contributed by atoms with E-state index >= 15 is 0 Å². The molecular weight excluding hydrogens is 390 g/mol. The van der Waals surface area contributed by atoms with Crippen LogP contribution < -0.4 is 20.2 Å². The van der Waals surface area contributed by atoms with E-state index in [0.29, 0.717) is 28.9 Å². The number of aryl methyl sites for hydroxylation is 1. The molecule has 2 N–H and O–H groups in total.